The summed E-state index contributed by atoms with van der Waals surface area (Å²) < 4.78 is 0. The van der Waals surface area contributed by atoms with Crippen LogP contribution in [0.2, 0.25) is 0 Å². The Bertz CT molecular complexity index is 67.5. The van der Waals surface area contributed by atoms with Gasteiger partial charge in [0.25, 0.3) is 0 Å². The summed E-state index contributed by atoms with van der Waals surface area (Å²) in [6.45, 7) is 0. The zero-order valence-electron chi connectivity index (χ0n) is 2.60. The fraction of sp³-hybridized carbons (Fsp3) is 0. The summed E-state index contributed by atoms with van der Waals surface area (Å²) in [7, 11) is 0. The Balaban J connectivity index is 3.04. The van der Waals surface area contributed by atoms with Crippen LogP contribution >= 0.6 is 0 Å². The van der Waals surface area contributed by atoms with E-state index < -0.39 is 0 Å². The van der Waals surface area contributed by atoms with Gasteiger partial charge in [-0.3, -0.25) is 0 Å². The molecule has 0 aromatic carbocycles. The molecule has 0 aliphatic rings. The molecule has 0 aromatic heterocycles. The number of allylic oxidation sites excluding steroid dienone is 1. The second-order valence-electron chi connectivity index (χ2n) is 0.462. The van der Waals surface area contributed by atoms with Crippen molar-refractivity contribution in [2.75, 3.05) is 0 Å². The van der Waals surface area contributed by atoms with Crippen molar-refractivity contribution in [1.29, 1.82) is 5.26 Å². The van der Waals surface area contributed by atoms with E-state index in [4.69, 9.17) is 11.0 Å². The topological polar surface area (TPSA) is 47.6 Å². The minimum Gasteiger partial charge on any atom is -0.308 e. The van der Waals surface area contributed by atoms with Gasteiger partial charge in [0.15, 0.2) is 0 Å². The number of rotatable bonds is 0. The molecule has 0 aliphatic heterocycles. The number of hydrogen-bond acceptors (Lipinski definition) is 1. The van der Waals surface area contributed by atoms with Crippen molar-refractivity contribution in [3.8, 4) is 6.07 Å². The van der Waals surface area contributed by atoms with E-state index in [1.54, 1.807) is 6.07 Å². The molecule has 0 saturated carbocycles. The summed E-state index contributed by atoms with van der Waals surface area (Å²) in [4.78, 5) is 0. The van der Waals surface area contributed by atoms with Gasteiger partial charge in [0.2, 0.25) is 0 Å². The van der Waals surface area contributed by atoms with Gasteiger partial charge in [-0.25, -0.2) is 0 Å². The van der Waals surface area contributed by atoms with Gasteiger partial charge in [-0.05, 0) is 0 Å². The molecule has 2 nitrogen and oxygen atoms in total. The Morgan fingerprint density at radius 1 is 1.80 bits per heavy atom. The maximum absolute atomic E-state index is 7.61. The van der Waals surface area contributed by atoms with Gasteiger partial charge in [-0.2, -0.15) is 5.26 Å². The smallest absolute Gasteiger partial charge is 0.0927 e. The minimum absolute atomic E-state index is 0.944. The lowest BCUT2D eigenvalue weighted by Gasteiger charge is -1.48. The van der Waals surface area contributed by atoms with E-state index in [9.17, 15) is 0 Å². The molecule has 0 atom stereocenters. The number of nitrogens with zero attached hydrogens (tertiary/aromatic N) is 1. The van der Waals surface area contributed by atoms with Crippen molar-refractivity contribution in [3.63, 3.8) is 0 Å². The Labute approximate surface area is 30.5 Å². The van der Waals surface area contributed by atoms with Crippen LogP contribution in [0.4, 0.5) is 0 Å². The van der Waals surface area contributed by atoms with E-state index in [1.165, 1.54) is 0 Å². The first-order chi connectivity index (χ1) is 2.41. The predicted molar refractivity (Wildman–Crippen MR) is 17.8 cm³/mol. The van der Waals surface area contributed by atoms with Crippen molar-refractivity contribution in [2.24, 2.45) is 0 Å². The van der Waals surface area contributed by atoms with Crippen molar-refractivity contribution < 1.29 is 0 Å². The molecule has 0 rings (SSSR count). The van der Waals surface area contributed by atoms with Crippen LogP contribution in [0.5, 0.6) is 0 Å². The normalized spacial score (nSPS) is 7.80. The lowest BCUT2D eigenvalue weighted by molar-refractivity contribution is 1.49. The first-order valence-corrected chi connectivity index (χ1v) is 1.13. The van der Waals surface area contributed by atoms with Gasteiger partial charge < -0.3 is 5.73 Å². The maximum atomic E-state index is 7.61. The van der Waals surface area contributed by atoms with Crippen LogP contribution in [0.1, 0.15) is 0 Å². The quantitative estimate of drug-likeness (QED) is 0.376. The Morgan fingerprint density at radius 3 is 2.40 bits per heavy atom. The van der Waals surface area contributed by atoms with Crippen LogP contribution < -0.4 is 5.73 Å². The summed E-state index contributed by atoms with van der Waals surface area (Å²) >= 11 is 0. The molecular weight excluding hydrogens is 64.0 g/mol. The molecule has 0 saturated heterocycles. The van der Waals surface area contributed by atoms with Crippen LogP contribution in [0.25, 0.3) is 0 Å². The third kappa shape index (κ3) is 3.03. The average molecular weight is 67.1 g/mol. The van der Waals surface area contributed by atoms with Crippen LogP contribution in [-0.4, -0.2) is 0 Å². The minimum atomic E-state index is 0.944. The molecule has 2 heteroatoms. The maximum Gasteiger partial charge on any atom is 0.0927 e. The van der Waals surface area contributed by atoms with Crippen molar-refractivity contribution in [2.45, 2.75) is 0 Å². The molecule has 0 spiro atoms. The average Bonchev–Trinajstić information content (AvgIpc) is 1.41. The monoisotopic (exact) mass is 67.0 g/mol. The summed E-state index contributed by atoms with van der Waals surface area (Å²) in [5, 5.41) is 7.61. The van der Waals surface area contributed by atoms with Crippen LogP contribution in [-0.2, 0) is 0 Å². The lowest BCUT2D eigenvalue weighted by atomic mass is 10.7. The van der Waals surface area contributed by atoms with Gasteiger partial charge in [-0.1, -0.05) is 0 Å². The first kappa shape index (κ1) is 4.03. The molecule has 0 unspecified atom stereocenters. The molecular formula is C3H3N2. The van der Waals surface area contributed by atoms with Crippen molar-refractivity contribution in [1.82, 2.24) is 5.73 Å². The Kier molecular flexibility index (Phi) is 2.44. The summed E-state index contributed by atoms with van der Waals surface area (Å²) in [6.07, 6.45) is 2.04. The van der Waals surface area contributed by atoms with E-state index in [0.29, 0.717) is 0 Å². The molecule has 0 amide bonds. The third-order valence-corrected chi connectivity index (χ3v) is 0.158. The number of hydrogen-bond donors (Lipinski definition) is 0. The van der Waals surface area contributed by atoms with Gasteiger partial charge in [0.05, 0.1) is 6.07 Å². The fourth-order valence-electron chi connectivity index (χ4n) is 0.0373. The highest BCUT2D eigenvalue weighted by atomic mass is 14.5. The highest BCUT2D eigenvalue weighted by Crippen LogP contribution is 1.52. The van der Waals surface area contributed by atoms with E-state index >= 15 is 0 Å². The van der Waals surface area contributed by atoms with E-state index in [0.717, 1.165) is 12.3 Å². The molecule has 1 N–H and O–H groups in total. The summed E-state index contributed by atoms with van der Waals surface area (Å²) in [5.74, 6) is 0. The lowest BCUT2D eigenvalue weighted by Crippen LogP contribution is -1.47. The van der Waals surface area contributed by atoms with E-state index in [1.807, 2.05) is 0 Å². The zero-order chi connectivity index (χ0) is 4.12. The molecule has 0 bridgehead atoms. The van der Waals surface area contributed by atoms with Gasteiger partial charge in [0, 0.05) is 12.3 Å². The zero-order valence-corrected chi connectivity index (χ0v) is 2.60. The van der Waals surface area contributed by atoms with Crippen molar-refractivity contribution in [3.05, 3.63) is 12.3 Å². The van der Waals surface area contributed by atoms with Gasteiger partial charge in [-0.15, -0.1) is 0 Å². The van der Waals surface area contributed by atoms with Crippen LogP contribution in [0.15, 0.2) is 12.3 Å². The van der Waals surface area contributed by atoms with Gasteiger partial charge in [0.1, 0.15) is 0 Å². The molecule has 0 aromatic rings. The predicted octanol–water partition coefficient (Wildman–Crippen LogP) is 0.307. The highest BCUT2D eigenvalue weighted by Gasteiger charge is 1.46. The number of nitrogens with one attached hydrogen (secondary N) is 1. The fourth-order valence-corrected chi connectivity index (χ4v) is 0.0373. The summed E-state index contributed by atoms with van der Waals surface area (Å²) in [6, 6.07) is 1.65. The van der Waals surface area contributed by atoms with Crippen LogP contribution in [0.3, 0.4) is 0 Å². The van der Waals surface area contributed by atoms with E-state index in [2.05, 4.69) is 0 Å². The first-order valence-electron chi connectivity index (χ1n) is 1.13. The third-order valence-electron chi connectivity index (χ3n) is 0.158. The van der Waals surface area contributed by atoms with E-state index in [-0.39, 0.29) is 0 Å². The SMILES string of the molecule is N#CC=C[NH]. The standard InChI is InChI=1S/C3H3N2/c4-2-1-3-5/h1-2,4H. The molecule has 25 valence electrons. The molecule has 0 fully saturated rings. The van der Waals surface area contributed by atoms with Crippen molar-refractivity contribution >= 4 is 0 Å². The molecule has 1 radical (unpaired) electrons. The van der Waals surface area contributed by atoms with Gasteiger partial charge >= 0.3 is 0 Å². The molecule has 5 heavy (non-hydrogen) atoms. The largest absolute Gasteiger partial charge is 0.308 e. The second-order valence-corrected chi connectivity index (χ2v) is 0.462. The van der Waals surface area contributed by atoms with Crippen LogP contribution in [0, 0.1) is 11.3 Å². The summed E-state index contributed by atoms with van der Waals surface area (Å²) in [5.41, 5.74) is 6.20. The highest BCUT2D eigenvalue weighted by molar-refractivity contribution is 4.98. The molecule has 0 aliphatic carbocycles. The Morgan fingerprint density at radius 2 is 2.40 bits per heavy atom. The number of nitriles is 1. The molecule has 0 heterocycles. The Hall–Kier alpha value is -0.970. The second kappa shape index (κ2) is 3.03.